The Kier molecular flexibility index (Phi) is 11.2. The van der Waals surface area contributed by atoms with E-state index < -0.39 is 59.7 Å². The van der Waals surface area contributed by atoms with Gasteiger partial charge in [-0.15, -0.1) is 0 Å². The molecule has 0 bridgehead atoms. The summed E-state index contributed by atoms with van der Waals surface area (Å²) in [5.74, 6) is -5.97. The Bertz CT molecular complexity index is 1380. The van der Waals surface area contributed by atoms with Crippen LogP contribution in [0.25, 0.3) is 5.69 Å². The predicted octanol–water partition coefficient (Wildman–Crippen LogP) is 2.13. The molecule has 1 atom stereocenters. The van der Waals surface area contributed by atoms with E-state index in [1.807, 2.05) is 0 Å². The molecule has 2 aromatic rings. The first kappa shape index (κ1) is 33.7. The van der Waals surface area contributed by atoms with Crippen molar-refractivity contribution in [2.75, 3.05) is 39.4 Å². The second-order valence-electron chi connectivity index (χ2n) is 10.7. The highest BCUT2D eigenvalue weighted by molar-refractivity contribution is 5.96. The standard InChI is InChI=1S/C28H35F2N5O9/c1-5-42-27(41)34-12-10-33(11-13-34)26(40)20(8-9-24(38)44-28(2,3)4)31-25(39)21-15-22(43-16-23(36)37)35(32-21)17-6-7-18(29)19(30)14-17/h6-7,14-15,20H,5,8-13,16H2,1-4H3,(H,31,39)(H,36,37)/t20-/m0/s1. The third kappa shape index (κ3) is 9.37. The Morgan fingerprint density at radius 3 is 2.27 bits per heavy atom. The Morgan fingerprint density at radius 1 is 1.02 bits per heavy atom. The Morgan fingerprint density at radius 2 is 1.68 bits per heavy atom. The van der Waals surface area contributed by atoms with E-state index in [9.17, 15) is 32.8 Å². The number of rotatable bonds is 11. The van der Waals surface area contributed by atoms with E-state index in [4.69, 9.17) is 19.3 Å². The number of ether oxygens (including phenoxy) is 3. The zero-order valence-electron chi connectivity index (χ0n) is 24.8. The number of benzene rings is 1. The van der Waals surface area contributed by atoms with Crippen LogP contribution in [0.2, 0.25) is 0 Å². The molecule has 14 nitrogen and oxygen atoms in total. The first-order valence-corrected chi connectivity index (χ1v) is 13.8. The van der Waals surface area contributed by atoms with Gasteiger partial charge in [-0.05, 0) is 46.2 Å². The lowest BCUT2D eigenvalue weighted by Gasteiger charge is -2.36. The molecule has 3 amide bonds. The third-order valence-electron chi connectivity index (χ3n) is 6.18. The van der Waals surface area contributed by atoms with Gasteiger partial charge in [-0.2, -0.15) is 5.10 Å². The van der Waals surface area contributed by atoms with E-state index in [1.165, 1.54) is 9.80 Å². The number of carbonyl (C=O) groups is 5. The molecule has 1 aliphatic rings. The summed E-state index contributed by atoms with van der Waals surface area (Å²) in [5, 5.41) is 15.7. The zero-order valence-corrected chi connectivity index (χ0v) is 24.8. The molecule has 1 aromatic carbocycles. The summed E-state index contributed by atoms with van der Waals surface area (Å²) in [7, 11) is 0. The second-order valence-corrected chi connectivity index (χ2v) is 10.7. The summed E-state index contributed by atoms with van der Waals surface area (Å²) in [6.45, 7) is 6.79. The van der Waals surface area contributed by atoms with Gasteiger partial charge in [0, 0.05) is 44.7 Å². The monoisotopic (exact) mass is 623 g/mol. The van der Waals surface area contributed by atoms with E-state index in [0.717, 1.165) is 28.9 Å². The molecule has 0 unspecified atom stereocenters. The fraction of sp³-hybridized carbons (Fsp3) is 0.500. The number of piperazine rings is 1. The number of hydrogen-bond donors (Lipinski definition) is 2. The van der Waals surface area contributed by atoms with Gasteiger partial charge < -0.3 is 34.4 Å². The summed E-state index contributed by atoms with van der Waals surface area (Å²) in [6.07, 6.45) is -0.858. The maximum absolute atomic E-state index is 13.9. The number of halogens is 2. The number of esters is 1. The lowest BCUT2D eigenvalue weighted by atomic mass is 10.1. The fourth-order valence-electron chi connectivity index (χ4n) is 4.20. The summed E-state index contributed by atoms with van der Waals surface area (Å²) in [4.78, 5) is 65.3. The molecule has 0 spiro atoms. The van der Waals surface area contributed by atoms with Crippen molar-refractivity contribution in [3.63, 3.8) is 0 Å². The van der Waals surface area contributed by atoms with E-state index in [-0.39, 0.29) is 62.9 Å². The first-order valence-electron chi connectivity index (χ1n) is 13.8. The van der Waals surface area contributed by atoms with Gasteiger partial charge in [0.1, 0.15) is 11.6 Å². The van der Waals surface area contributed by atoms with Crippen molar-refractivity contribution in [1.29, 1.82) is 0 Å². The molecule has 0 radical (unpaired) electrons. The molecule has 0 aliphatic carbocycles. The van der Waals surface area contributed by atoms with Crippen LogP contribution in [0, 0.1) is 11.6 Å². The fourth-order valence-corrected chi connectivity index (χ4v) is 4.20. The quantitative estimate of drug-likeness (QED) is 0.354. The number of carboxylic acids is 1. The van der Waals surface area contributed by atoms with Crippen molar-refractivity contribution >= 4 is 29.8 Å². The molecule has 16 heteroatoms. The van der Waals surface area contributed by atoms with Crippen molar-refractivity contribution in [2.45, 2.75) is 52.2 Å². The van der Waals surface area contributed by atoms with Crippen LogP contribution in [-0.4, -0.2) is 106 Å². The summed E-state index contributed by atoms with van der Waals surface area (Å²) >= 11 is 0. The van der Waals surface area contributed by atoms with Gasteiger partial charge in [-0.25, -0.2) is 23.1 Å². The minimum atomic E-state index is -1.34. The van der Waals surface area contributed by atoms with Crippen molar-refractivity contribution in [3.8, 4) is 11.6 Å². The van der Waals surface area contributed by atoms with Gasteiger partial charge in [-0.1, -0.05) is 0 Å². The molecule has 240 valence electrons. The number of nitrogens with one attached hydrogen (secondary N) is 1. The maximum atomic E-state index is 13.9. The number of carboxylic acid groups (broad SMARTS) is 1. The number of nitrogens with zero attached hydrogens (tertiary/aromatic N) is 4. The summed E-state index contributed by atoms with van der Waals surface area (Å²) < 4.78 is 43.9. The average molecular weight is 624 g/mol. The van der Waals surface area contributed by atoms with Gasteiger partial charge >= 0.3 is 18.0 Å². The highest BCUT2D eigenvalue weighted by Crippen LogP contribution is 2.22. The van der Waals surface area contributed by atoms with Gasteiger partial charge in [0.15, 0.2) is 23.9 Å². The van der Waals surface area contributed by atoms with Gasteiger partial charge in [-0.3, -0.25) is 14.4 Å². The smallest absolute Gasteiger partial charge is 0.409 e. The van der Waals surface area contributed by atoms with Crippen LogP contribution < -0.4 is 10.1 Å². The molecule has 0 saturated carbocycles. The van der Waals surface area contributed by atoms with E-state index >= 15 is 0 Å². The molecule has 1 fully saturated rings. The van der Waals surface area contributed by atoms with Gasteiger partial charge in [0.05, 0.1) is 12.3 Å². The average Bonchev–Trinajstić information content (AvgIpc) is 3.39. The largest absolute Gasteiger partial charge is 0.479 e. The van der Waals surface area contributed by atoms with Crippen LogP contribution in [0.4, 0.5) is 13.6 Å². The van der Waals surface area contributed by atoms with Crippen molar-refractivity contribution < 1.29 is 52.1 Å². The van der Waals surface area contributed by atoms with Crippen molar-refractivity contribution in [2.24, 2.45) is 0 Å². The van der Waals surface area contributed by atoms with Crippen LogP contribution in [0.15, 0.2) is 24.3 Å². The molecule has 3 rings (SSSR count). The highest BCUT2D eigenvalue weighted by Gasteiger charge is 2.32. The number of aliphatic carboxylic acids is 1. The number of aromatic nitrogens is 2. The Balaban J connectivity index is 1.84. The number of amides is 3. The minimum absolute atomic E-state index is 0.0691. The number of carbonyl (C=O) groups excluding carboxylic acids is 4. The third-order valence-corrected chi connectivity index (χ3v) is 6.18. The zero-order chi connectivity index (χ0) is 32.6. The Hall–Kier alpha value is -4.76. The van der Waals surface area contributed by atoms with Crippen LogP contribution >= 0.6 is 0 Å². The SMILES string of the molecule is CCOC(=O)N1CCN(C(=O)[C@H](CCC(=O)OC(C)(C)C)NC(=O)c2cc(OCC(=O)O)n(-c3ccc(F)c(F)c3)n2)CC1. The van der Waals surface area contributed by atoms with Crippen molar-refractivity contribution in [3.05, 3.63) is 41.6 Å². The molecular formula is C28H35F2N5O9. The molecule has 44 heavy (non-hydrogen) atoms. The second kappa shape index (κ2) is 14.6. The first-order chi connectivity index (χ1) is 20.7. The predicted molar refractivity (Wildman–Crippen MR) is 148 cm³/mol. The lowest BCUT2D eigenvalue weighted by Crippen LogP contribution is -2.56. The topological polar surface area (TPSA) is 170 Å². The lowest BCUT2D eigenvalue weighted by molar-refractivity contribution is -0.155. The molecule has 2 heterocycles. The van der Waals surface area contributed by atoms with Crippen LogP contribution in [0.5, 0.6) is 5.88 Å². The van der Waals surface area contributed by atoms with Gasteiger partial charge in [0.25, 0.3) is 5.91 Å². The molecule has 2 N–H and O–H groups in total. The van der Waals surface area contributed by atoms with Gasteiger partial charge in [0.2, 0.25) is 11.8 Å². The minimum Gasteiger partial charge on any atom is -0.479 e. The van der Waals surface area contributed by atoms with Crippen molar-refractivity contribution in [1.82, 2.24) is 24.9 Å². The summed E-state index contributed by atoms with van der Waals surface area (Å²) in [6, 6.07) is 2.60. The maximum Gasteiger partial charge on any atom is 0.409 e. The molecule has 1 saturated heterocycles. The van der Waals surface area contributed by atoms with E-state index in [2.05, 4.69) is 10.4 Å². The van der Waals surface area contributed by atoms with Crippen LogP contribution in [0.1, 0.15) is 51.0 Å². The number of hydrogen-bond acceptors (Lipinski definition) is 9. The molecular weight excluding hydrogens is 588 g/mol. The summed E-state index contributed by atoms with van der Waals surface area (Å²) in [5.41, 5.74) is -1.18. The normalized spacial score (nSPS) is 14.0. The molecule has 1 aromatic heterocycles. The van der Waals surface area contributed by atoms with Crippen LogP contribution in [0.3, 0.4) is 0 Å². The van der Waals surface area contributed by atoms with E-state index in [0.29, 0.717) is 0 Å². The Labute approximate surface area is 251 Å². The van der Waals surface area contributed by atoms with E-state index in [1.54, 1.807) is 27.7 Å². The van der Waals surface area contributed by atoms with Crippen LogP contribution in [-0.2, 0) is 23.9 Å². The highest BCUT2D eigenvalue weighted by atomic mass is 19.2. The molecule has 1 aliphatic heterocycles.